The molecule has 1 atom stereocenters. The average Bonchev–Trinajstić information content (AvgIpc) is 2.92. The first-order chi connectivity index (χ1) is 18.2. The van der Waals surface area contributed by atoms with Crippen LogP contribution in [0.2, 0.25) is 20.1 Å². The Kier molecular flexibility index (Phi) is 7.76. The number of aromatic nitrogens is 2. The van der Waals surface area contributed by atoms with Crippen LogP contribution in [0.3, 0.4) is 0 Å². The van der Waals surface area contributed by atoms with Gasteiger partial charge in [-0.2, -0.15) is 10.2 Å². The minimum absolute atomic E-state index is 0.156. The molecular weight excluding hydrogens is 582 g/mol. The van der Waals surface area contributed by atoms with Gasteiger partial charge in [-0.05, 0) is 43.5 Å². The lowest BCUT2D eigenvalue weighted by molar-refractivity contribution is 0.891. The number of rotatable bonds is 4. The van der Waals surface area contributed by atoms with Gasteiger partial charge in [-0.3, -0.25) is 5.43 Å². The molecule has 0 radical (unpaired) electrons. The van der Waals surface area contributed by atoms with Gasteiger partial charge >= 0.3 is 0 Å². The van der Waals surface area contributed by atoms with Crippen LogP contribution in [0.4, 0.5) is 0 Å². The molecule has 2 heterocycles. The lowest BCUT2D eigenvalue weighted by Gasteiger charge is -2.24. The Balaban J connectivity index is 1.63. The van der Waals surface area contributed by atoms with Gasteiger partial charge in [-0.1, -0.05) is 100 Å². The van der Waals surface area contributed by atoms with Crippen LogP contribution in [0.15, 0.2) is 57.7 Å². The van der Waals surface area contributed by atoms with Gasteiger partial charge in [0.15, 0.2) is 5.84 Å². The predicted molar refractivity (Wildman–Crippen MR) is 161 cm³/mol. The summed E-state index contributed by atoms with van der Waals surface area (Å²) in [5, 5.41) is 19.8. The number of halogens is 4. The summed E-state index contributed by atoms with van der Waals surface area (Å²) >= 11 is 28.0. The molecule has 1 unspecified atom stereocenters. The molecule has 11 heteroatoms. The van der Waals surface area contributed by atoms with Gasteiger partial charge in [0.2, 0.25) is 0 Å². The third kappa shape index (κ3) is 4.94. The molecule has 0 spiro atoms. The first kappa shape index (κ1) is 27.0. The third-order valence-corrected chi connectivity index (χ3v) is 9.49. The molecule has 0 aliphatic carbocycles. The van der Waals surface area contributed by atoms with Crippen molar-refractivity contribution in [3.05, 3.63) is 84.8 Å². The smallest absolute Gasteiger partial charge is 0.156 e. The first-order valence-corrected chi connectivity index (χ1v) is 14.0. The maximum Gasteiger partial charge on any atom is 0.156 e. The summed E-state index contributed by atoms with van der Waals surface area (Å²) in [4.78, 5) is 0. The van der Waals surface area contributed by atoms with Gasteiger partial charge in [-0.25, -0.2) is 0 Å². The zero-order valence-corrected chi connectivity index (χ0v) is 24.5. The third-order valence-electron chi connectivity index (χ3n) is 6.51. The van der Waals surface area contributed by atoms with Gasteiger partial charge in [0.25, 0.3) is 0 Å². The van der Waals surface area contributed by atoms with Crippen LogP contribution in [0.5, 0.6) is 0 Å². The molecular formula is C27H22Cl4N6S. The highest BCUT2D eigenvalue weighted by atomic mass is 35.5. The normalized spacial score (nSPS) is 16.6. The maximum absolute atomic E-state index is 6.80. The Morgan fingerprint density at radius 2 is 1.50 bits per heavy atom. The number of nitrogens with one attached hydrogen (secondary N) is 1. The van der Waals surface area contributed by atoms with E-state index < -0.39 is 0 Å². The Hall–Kier alpha value is -2.55. The number of thioether (sulfide) groups is 1. The topological polar surface area (TPSA) is 88.5 Å². The number of nitrogens with zero attached hydrogens (tertiary/aromatic N) is 4. The largest absolute Gasteiger partial charge is 0.321 e. The van der Waals surface area contributed by atoms with Crippen LogP contribution >= 0.6 is 58.2 Å². The highest BCUT2D eigenvalue weighted by Gasteiger charge is 2.29. The highest BCUT2D eigenvalue weighted by Crippen LogP contribution is 2.48. The Labute approximate surface area is 244 Å². The minimum Gasteiger partial charge on any atom is -0.321 e. The average molecular weight is 604 g/mol. The SMILES string of the molecule is Cc1ccc(C2=NN/C(=N\N)C(Sc3nnc(-c4ccc(C)c(C)c4)c4c(Cl)c(Cl)c(Cl)c(Cl)c34)C2)cc1. The second-order valence-corrected chi connectivity index (χ2v) is 11.7. The predicted octanol–water partition coefficient (Wildman–Crippen LogP) is 7.97. The summed E-state index contributed by atoms with van der Waals surface area (Å²) < 4.78 is 0. The molecule has 1 aliphatic heterocycles. The van der Waals surface area contributed by atoms with E-state index in [1.807, 2.05) is 63.2 Å². The number of hydrogen-bond acceptors (Lipinski definition) is 6. The van der Waals surface area contributed by atoms with Crippen molar-refractivity contribution < 1.29 is 0 Å². The number of hydrazone groups is 2. The lowest BCUT2D eigenvalue weighted by atomic mass is 10.0. The Bertz CT molecular complexity index is 1640. The van der Waals surface area contributed by atoms with Crippen LogP contribution in [0.25, 0.3) is 22.0 Å². The molecule has 3 aromatic carbocycles. The number of nitrogens with two attached hydrogens (primary N) is 1. The molecule has 4 aromatic rings. The second-order valence-electron chi connectivity index (χ2n) is 9.02. The van der Waals surface area contributed by atoms with Crippen molar-refractivity contribution in [3.63, 3.8) is 0 Å². The molecule has 0 fully saturated rings. The molecule has 6 nitrogen and oxygen atoms in total. The van der Waals surface area contributed by atoms with Crippen molar-refractivity contribution in [2.75, 3.05) is 0 Å². The number of aryl methyl sites for hydroxylation is 3. The van der Waals surface area contributed by atoms with Gasteiger partial charge in [-0.15, -0.1) is 10.2 Å². The molecule has 5 rings (SSSR count). The van der Waals surface area contributed by atoms with Gasteiger partial charge in [0, 0.05) is 22.8 Å². The van der Waals surface area contributed by atoms with E-state index in [-0.39, 0.29) is 25.3 Å². The number of hydrogen-bond donors (Lipinski definition) is 2. The van der Waals surface area contributed by atoms with E-state index in [0.29, 0.717) is 33.7 Å². The monoisotopic (exact) mass is 602 g/mol. The number of fused-ring (bicyclic) bond motifs is 1. The van der Waals surface area contributed by atoms with Gasteiger partial charge in [0.05, 0.1) is 31.1 Å². The fourth-order valence-electron chi connectivity index (χ4n) is 4.21. The van der Waals surface area contributed by atoms with Gasteiger partial charge in [0.1, 0.15) is 10.7 Å². The van der Waals surface area contributed by atoms with E-state index in [2.05, 4.69) is 25.8 Å². The molecule has 3 N–H and O–H groups in total. The van der Waals surface area contributed by atoms with Crippen molar-refractivity contribution in [1.29, 1.82) is 0 Å². The van der Waals surface area contributed by atoms with Crippen LogP contribution in [0, 0.1) is 20.8 Å². The fraction of sp³-hybridized carbons (Fsp3) is 0.185. The Morgan fingerprint density at radius 1 is 0.842 bits per heavy atom. The van der Waals surface area contributed by atoms with E-state index in [4.69, 9.17) is 52.2 Å². The van der Waals surface area contributed by atoms with Crippen molar-refractivity contribution in [2.24, 2.45) is 16.0 Å². The van der Waals surface area contributed by atoms with Crippen molar-refractivity contribution >= 4 is 80.5 Å². The van der Waals surface area contributed by atoms with Crippen LogP contribution < -0.4 is 11.3 Å². The lowest BCUT2D eigenvalue weighted by Crippen LogP contribution is -2.38. The van der Waals surface area contributed by atoms with E-state index in [1.54, 1.807) is 0 Å². The zero-order valence-electron chi connectivity index (χ0n) is 20.6. The first-order valence-electron chi connectivity index (χ1n) is 11.6. The Morgan fingerprint density at radius 3 is 2.16 bits per heavy atom. The van der Waals surface area contributed by atoms with Crippen molar-refractivity contribution in [3.8, 4) is 11.3 Å². The van der Waals surface area contributed by atoms with Crippen LogP contribution in [-0.2, 0) is 0 Å². The van der Waals surface area contributed by atoms with Crippen LogP contribution in [0.1, 0.15) is 28.7 Å². The summed E-state index contributed by atoms with van der Waals surface area (Å²) in [7, 11) is 0. The summed E-state index contributed by atoms with van der Waals surface area (Å²) in [5.74, 6) is 6.21. The minimum atomic E-state index is -0.247. The number of amidine groups is 1. The van der Waals surface area contributed by atoms with Crippen LogP contribution in [-0.4, -0.2) is 27.0 Å². The van der Waals surface area contributed by atoms with Gasteiger partial charge < -0.3 is 5.84 Å². The fourth-order valence-corrected chi connectivity index (χ4v) is 6.44. The molecule has 194 valence electrons. The van der Waals surface area contributed by atoms with E-state index in [9.17, 15) is 0 Å². The molecule has 0 saturated carbocycles. The summed E-state index contributed by atoms with van der Waals surface area (Å²) in [6.45, 7) is 6.13. The molecule has 0 amide bonds. The molecule has 0 bridgehead atoms. The molecule has 0 saturated heterocycles. The maximum atomic E-state index is 6.80. The summed E-state index contributed by atoms with van der Waals surface area (Å²) in [6, 6.07) is 14.2. The molecule has 1 aromatic heterocycles. The standard InChI is InChI=1S/C27H22Cl4N6S/c1-12-4-7-15(8-5-12)17-11-18(26(33-32)36-34-17)38-27-20-19(21(28)23(30)24(31)22(20)29)25(35-37-27)16-9-6-13(2)14(3)10-16/h4-10,18H,11,32H2,1-3H3,(H,33,36). The molecule has 38 heavy (non-hydrogen) atoms. The summed E-state index contributed by atoms with van der Waals surface area (Å²) in [6.07, 6.45) is 0.547. The van der Waals surface area contributed by atoms with Crippen molar-refractivity contribution in [2.45, 2.75) is 37.5 Å². The zero-order chi connectivity index (χ0) is 27.1. The van der Waals surface area contributed by atoms with E-state index >= 15 is 0 Å². The number of benzene rings is 3. The van der Waals surface area contributed by atoms with E-state index in [0.717, 1.165) is 28.0 Å². The van der Waals surface area contributed by atoms with Crippen molar-refractivity contribution in [1.82, 2.24) is 15.6 Å². The van der Waals surface area contributed by atoms with E-state index in [1.165, 1.54) is 17.3 Å². The highest BCUT2D eigenvalue weighted by molar-refractivity contribution is 8.00. The summed E-state index contributed by atoms with van der Waals surface area (Å²) in [5.41, 5.74) is 9.69. The molecule has 1 aliphatic rings. The quantitative estimate of drug-likeness (QED) is 0.107. The second kappa shape index (κ2) is 10.9.